The smallest absolute Gasteiger partial charge is 0.271 e. The molecule has 7 heteroatoms. The normalized spacial score (nSPS) is 10.2. The summed E-state index contributed by atoms with van der Waals surface area (Å²) in [6.45, 7) is 3.07. The van der Waals surface area contributed by atoms with Crippen LogP contribution in [-0.4, -0.2) is 30.6 Å². The Bertz CT molecular complexity index is 495. The van der Waals surface area contributed by atoms with Gasteiger partial charge in [-0.3, -0.25) is 9.78 Å². The highest BCUT2D eigenvalue weighted by molar-refractivity contribution is 5.91. The molecule has 1 N–H and O–H groups in total. The number of carbonyl (C=O) groups is 1. The van der Waals surface area contributed by atoms with Crippen LogP contribution in [0.5, 0.6) is 0 Å². The molecule has 0 radical (unpaired) electrons. The van der Waals surface area contributed by atoms with Gasteiger partial charge in [-0.05, 0) is 6.92 Å². The molecule has 2 rings (SSSR count). The van der Waals surface area contributed by atoms with Crippen LogP contribution in [0.4, 0.5) is 0 Å². The maximum atomic E-state index is 11.7. The third kappa shape index (κ3) is 2.63. The minimum atomic E-state index is -0.274. The van der Waals surface area contributed by atoms with Crippen molar-refractivity contribution in [3.63, 3.8) is 0 Å². The third-order valence-corrected chi connectivity index (χ3v) is 2.24. The molecule has 17 heavy (non-hydrogen) atoms. The molecule has 7 nitrogen and oxygen atoms in total. The van der Waals surface area contributed by atoms with Gasteiger partial charge in [0.05, 0.1) is 12.7 Å². The van der Waals surface area contributed by atoms with Crippen molar-refractivity contribution in [1.82, 2.24) is 30.0 Å². The Hall–Kier alpha value is -2.31. The van der Waals surface area contributed by atoms with Crippen molar-refractivity contribution < 1.29 is 4.79 Å². The van der Waals surface area contributed by atoms with Gasteiger partial charge in [0.1, 0.15) is 12.0 Å². The molecule has 0 aliphatic carbocycles. The van der Waals surface area contributed by atoms with Gasteiger partial charge in [-0.15, -0.1) is 10.2 Å². The first-order valence-electron chi connectivity index (χ1n) is 5.22. The molecule has 0 unspecified atom stereocenters. The zero-order chi connectivity index (χ0) is 12.1. The summed E-state index contributed by atoms with van der Waals surface area (Å²) in [5.41, 5.74) is 0.287. The molecule has 0 saturated heterocycles. The van der Waals surface area contributed by atoms with Crippen molar-refractivity contribution in [2.75, 3.05) is 0 Å². The van der Waals surface area contributed by atoms with E-state index in [1.54, 1.807) is 6.33 Å². The van der Waals surface area contributed by atoms with E-state index >= 15 is 0 Å². The first-order valence-corrected chi connectivity index (χ1v) is 5.22. The van der Waals surface area contributed by atoms with Gasteiger partial charge in [-0.2, -0.15) is 0 Å². The number of rotatable bonds is 4. The Balaban J connectivity index is 1.97. The van der Waals surface area contributed by atoms with Crippen LogP contribution in [0, 0.1) is 0 Å². The summed E-state index contributed by atoms with van der Waals surface area (Å²) in [6, 6.07) is 0. The predicted molar refractivity (Wildman–Crippen MR) is 58.9 cm³/mol. The summed E-state index contributed by atoms with van der Waals surface area (Å²) in [4.78, 5) is 19.4. The van der Waals surface area contributed by atoms with Gasteiger partial charge in [0.15, 0.2) is 5.82 Å². The lowest BCUT2D eigenvalue weighted by molar-refractivity contribution is 0.0944. The number of nitrogens with one attached hydrogen (secondary N) is 1. The average molecular weight is 232 g/mol. The second kappa shape index (κ2) is 5.15. The van der Waals surface area contributed by atoms with Crippen LogP contribution in [0.1, 0.15) is 23.2 Å². The van der Waals surface area contributed by atoms with Crippen LogP contribution in [0.15, 0.2) is 24.9 Å². The fraction of sp³-hybridized carbons (Fsp3) is 0.300. The number of aromatic nitrogens is 5. The van der Waals surface area contributed by atoms with Gasteiger partial charge in [0.2, 0.25) is 0 Å². The Labute approximate surface area is 97.9 Å². The monoisotopic (exact) mass is 232 g/mol. The number of hydrogen-bond acceptors (Lipinski definition) is 5. The van der Waals surface area contributed by atoms with E-state index in [0.29, 0.717) is 12.4 Å². The van der Waals surface area contributed by atoms with Gasteiger partial charge < -0.3 is 9.88 Å². The predicted octanol–water partition coefficient (Wildman–Crippen LogP) is 0.0180. The highest BCUT2D eigenvalue weighted by atomic mass is 16.1. The molecule has 0 bridgehead atoms. The van der Waals surface area contributed by atoms with E-state index < -0.39 is 0 Å². The zero-order valence-electron chi connectivity index (χ0n) is 9.37. The van der Waals surface area contributed by atoms with Crippen LogP contribution in [0.25, 0.3) is 0 Å². The fourth-order valence-electron chi connectivity index (χ4n) is 1.35. The first kappa shape index (κ1) is 11.2. The van der Waals surface area contributed by atoms with Crippen LogP contribution < -0.4 is 5.32 Å². The number of aryl methyl sites for hydroxylation is 1. The quantitative estimate of drug-likeness (QED) is 0.803. The first-order chi connectivity index (χ1) is 8.31. The van der Waals surface area contributed by atoms with E-state index in [1.165, 1.54) is 18.6 Å². The third-order valence-electron chi connectivity index (χ3n) is 2.24. The summed E-state index contributed by atoms with van der Waals surface area (Å²) in [7, 11) is 0. The van der Waals surface area contributed by atoms with Crippen LogP contribution in [0.2, 0.25) is 0 Å². The van der Waals surface area contributed by atoms with E-state index in [2.05, 4.69) is 25.5 Å². The number of amides is 1. The Kier molecular flexibility index (Phi) is 3.39. The maximum Gasteiger partial charge on any atom is 0.271 e. The summed E-state index contributed by atoms with van der Waals surface area (Å²) in [5.74, 6) is 0.438. The van der Waals surface area contributed by atoms with Gasteiger partial charge in [0.25, 0.3) is 5.91 Å². The largest absolute Gasteiger partial charge is 0.343 e. The average Bonchev–Trinajstić information content (AvgIpc) is 2.84. The highest BCUT2D eigenvalue weighted by Gasteiger charge is 2.08. The van der Waals surface area contributed by atoms with Crippen molar-refractivity contribution in [3.8, 4) is 0 Å². The van der Waals surface area contributed by atoms with Crippen molar-refractivity contribution in [2.24, 2.45) is 0 Å². The minimum Gasteiger partial charge on any atom is -0.343 e. The van der Waals surface area contributed by atoms with Crippen LogP contribution in [-0.2, 0) is 13.1 Å². The second-order valence-electron chi connectivity index (χ2n) is 3.31. The van der Waals surface area contributed by atoms with E-state index in [0.717, 1.165) is 6.54 Å². The molecule has 0 spiro atoms. The molecule has 0 fully saturated rings. The lowest BCUT2D eigenvalue weighted by Gasteiger charge is -2.04. The van der Waals surface area contributed by atoms with Gasteiger partial charge in [-0.1, -0.05) is 0 Å². The van der Waals surface area contributed by atoms with Crippen molar-refractivity contribution in [2.45, 2.75) is 20.0 Å². The van der Waals surface area contributed by atoms with Gasteiger partial charge >= 0.3 is 0 Å². The van der Waals surface area contributed by atoms with Crippen molar-refractivity contribution in [3.05, 3.63) is 36.4 Å². The lowest BCUT2D eigenvalue weighted by Crippen LogP contribution is -2.25. The molecule has 0 saturated carbocycles. The van der Waals surface area contributed by atoms with Gasteiger partial charge in [0, 0.05) is 18.9 Å². The summed E-state index contributed by atoms with van der Waals surface area (Å²) in [5, 5.41) is 10.4. The second-order valence-corrected chi connectivity index (χ2v) is 3.31. The molecule has 0 aromatic carbocycles. The molecule has 0 aliphatic heterocycles. The molecule has 88 valence electrons. The summed E-state index contributed by atoms with van der Waals surface area (Å²) < 4.78 is 1.86. The number of nitrogens with zero attached hydrogens (tertiary/aromatic N) is 5. The Morgan fingerprint density at radius 2 is 2.35 bits per heavy atom. The lowest BCUT2D eigenvalue weighted by atomic mass is 10.4. The van der Waals surface area contributed by atoms with Crippen molar-refractivity contribution in [1.29, 1.82) is 0 Å². The molecule has 1 amide bonds. The number of hydrogen-bond donors (Lipinski definition) is 1. The minimum absolute atomic E-state index is 0.274. The van der Waals surface area contributed by atoms with Gasteiger partial charge in [-0.25, -0.2) is 4.98 Å². The van der Waals surface area contributed by atoms with E-state index in [4.69, 9.17) is 0 Å². The van der Waals surface area contributed by atoms with Crippen LogP contribution in [0.3, 0.4) is 0 Å². The standard InChI is InChI=1S/C10H12N6O/c1-2-16-7-14-15-9(16)6-13-10(17)8-5-11-3-4-12-8/h3-5,7H,2,6H2,1H3,(H,13,17). The SMILES string of the molecule is CCn1cnnc1CNC(=O)c1cnccn1. The Morgan fingerprint density at radius 1 is 1.47 bits per heavy atom. The topological polar surface area (TPSA) is 85.6 Å². The van der Waals surface area contributed by atoms with E-state index in [-0.39, 0.29) is 11.6 Å². The molecule has 2 aromatic heterocycles. The molecule has 2 aromatic rings. The van der Waals surface area contributed by atoms with Crippen molar-refractivity contribution >= 4 is 5.91 Å². The zero-order valence-corrected chi connectivity index (χ0v) is 9.37. The molecule has 0 aliphatic rings. The molecule has 2 heterocycles. The van der Waals surface area contributed by atoms with Crippen LogP contribution >= 0.6 is 0 Å². The molecular weight excluding hydrogens is 220 g/mol. The highest BCUT2D eigenvalue weighted by Crippen LogP contribution is 1.96. The number of carbonyl (C=O) groups excluding carboxylic acids is 1. The summed E-state index contributed by atoms with van der Waals surface area (Å²) in [6.07, 6.45) is 6.04. The maximum absolute atomic E-state index is 11.7. The fourth-order valence-corrected chi connectivity index (χ4v) is 1.35. The molecular formula is C10H12N6O. The molecule has 0 atom stereocenters. The Morgan fingerprint density at radius 3 is 3.06 bits per heavy atom. The summed E-state index contributed by atoms with van der Waals surface area (Å²) >= 11 is 0. The van der Waals surface area contributed by atoms with E-state index in [9.17, 15) is 4.79 Å². The van der Waals surface area contributed by atoms with E-state index in [1.807, 2.05) is 11.5 Å².